The van der Waals surface area contributed by atoms with E-state index in [4.69, 9.17) is 18.2 Å². The van der Waals surface area contributed by atoms with Gasteiger partial charge in [-0.1, -0.05) is 66.2 Å². The van der Waals surface area contributed by atoms with Crippen molar-refractivity contribution in [2.24, 2.45) is 0 Å². The molecule has 0 saturated heterocycles. The van der Waals surface area contributed by atoms with E-state index in [9.17, 15) is 0 Å². The first kappa shape index (κ1) is 16.6. The molecule has 0 aliphatic rings. The average molecular weight is 379 g/mol. The molecule has 4 aromatic carbocycles. The average Bonchev–Trinajstić information content (AvgIpc) is 3.07. The van der Waals surface area contributed by atoms with Crippen molar-refractivity contribution in [2.45, 2.75) is 0 Å². The minimum Gasteiger partial charge on any atom is -0.309 e. The van der Waals surface area contributed by atoms with Gasteiger partial charge in [0.15, 0.2) is 5.69 Å². The van der Waals surface area contributed by atoms with Crippen molar-refractivity contribution in [3.05, 3.63) is 107 Å². The van der Waals surface area contributed by atoms with Crippen molar-refractivity contribution >= 4 is 39.1 Å². The summed E-state index contributed by atoms with van der Waals surface area (Å²) < 4.78 is 2.26. The maximum Gasteiger partial charge on any atom is 0.187 e. The van der Waals surface area contributed by atoms with Gasteiger partial charge < -0.3 is 4.57 Å². The molecule has 5 aromatic rings. The van der Waals surface area contributed by atoms with Gasteiger partial charge in [-0.2, -0.15) is 0 Å². The van der Waals surface area contributed by atoms with Crippen LogP contribution in [0.3, 0.4) is 0 Å². The van der Waals surface area contributed by atoms with Crippen LogP contribution in [0.1, 0.15) is 0 Å². The van der Waals surface area contributed by atoms with Crippen molar-refractivity contribution < 1.29 is 0 Å². The second-order valence-electron chi connectivity index (χ2n) is 6.72. The lowest BCUT2D eigenvalue weighted by Crippen LogP contribution is -1.93. The zero-order valence-electron chi connectivity index (χ0n) is 14.9. The third kappa shape index (κ3) is 2.65. The van der Waals surface area contributed by atoms with Gasteiger partial charge in [-0.15, -0.1) is 0 Å². The van der Waals surface area contributed by atoms with Crippen LogP contribution in [0.25, 0.3) is 43.5 Å². The molecular formula is C25H15ClN2. The highest BCUT2D eigenvalue weighted by molar-refractivity contribution is 6.30. The smallest absolute Gasteiger partial charge is 0.187 e. The Hall–Kier alpha value is -3.54. The van der Waals surface area contributed by atoms with Gasteiger partial charge in [0.25, 0.3) is 0 Å². The molecule has 0 atom stereocenters. The van der Waals surface area contributed by atoms with Crippen LogP contribution in [0.2, 0.25) is 5.02 Å². The number of aromatic nitrogens is 1. The van der Waals surface area contributed by atoms with Crippen LogP contribution < -0.4 is 0 Å². The summed E-state index contributed by atoms with van der Waals surface area (Å²) in [5.41, 5.74) is 6.18. The van der Waals surface area contributed by atoms with E-state index < -0.39 is 0 Å². The second kappa shape index (κ2) is 6.56. The van der Waals surface area contributed by atoms with Crippen molar-refractivity contribution in [1.82, 2.24) is 4.57 Å². The number of hydrogen-bond acceptors (Lipinski definition) is 0. The van der Waals surface area contributed by atoms with Crippen LogP contribution in [0.15, 0.2) is 91.0 Å². The SMILES string of the molecule is [C-]#[N+]c1ccc(-n2c3ccccc3c3ccc(-c4cccc(Cl)c4)cc32)cc1. The quantitative estimate of drug-likeness (QED) is 0.279. The Morgan fingerprint density at radius 3 is 2.21 bits per heavy atom. The summed E-state index contributed by atoms with van der Waals surface area (Å²) in [4.78, 5) is 3.51. The molecule has 1 heterocycles. The van der Waals surface area contributed by atoms with E-state index in [0.29, 0.717) is 5.69 Å². The van der Waals surface area contributed by atoms with E-state index in [2.05, 4.69) is 57.9 Å². The molecule has 0 saturated carbocycles. The summed E-state index contributed by atoms with van der Waals surface area (Å²) in [6.07, 6.45) is 0. The third-order valence-corrected chi connectivity index (χ3v) is 5.30. The molecule has 132 valence electrons. The fourth-order valence-electron chi connectivity index (χ4n) is 3.77. The minimum atomic E-state index is 0.643. The minimum absolute atomic E-state index is 0.643. The van der Waals surface area contributed by atoms with E-state index in [1.165, 1.54) is 10.8 Å². The number of rotatable bonds is 2. The zero-order valence-corrected chi connectivity index (χ0v) is 15.7. The van der Waals surface area contributed by atoms with Gasteiger partial charge in [0.05, 0.1) is 17.6 Å². The number of para-hydroxylation sites is 1. The molecule has 0 aliphatic carbocycles. The van der Waals surface area contributed by atoms with E-state index in [-0.39, 0.29) is 0 Å². The van der Waals surface area contributed by atoms with Gasteiger partial charge in [-0.3, -0.25) is 0 Å². The topological polar surface area (TPSA) is 9.29 Å². The number of benzene rings is 4. The molecule has 2 nitrogen and oxygen atoms in total. The molecule has 28 heavy (non-hydrogen) atoms. The zero-order chi connectivity index (χ0) is 19.1. The molecule has 0 unspecified atom stereocenters. The fourth-order valence-corrected chi connectivity index (χ4v) is 3.96. The summed E-state index contributed by atoms with van der Waals surface area (Å²) in [6, 6.07) is 30.6. The summed E-state index contributed by atoms with van der Waals surface area (Å²) in [5.74, 6) is 0. The number of hydrogen-bond donors (Lipinski definition) is 0. The number of nitrogens with zero attached hydrogens (tertiary/aromatic N) is 2. The van der Waals surface area contributed by atoms with Crippen LogP contribution >= 0.6 is 11.6 Å². The largest absolute Gasteiger partial charge is 0.309 e. The lowest BCUT2D eigenvalue weighted by molar-refractivity contribution is 1.18. The lowest BCUT2D eigenvalue weighted by Gasteiger charge is -2.09. The van der Waals surface area contributed by atoms with Gasteiger partial charge >= 0.3 is 0 Å². The lowest BCUT2D eigenvalue weighted by atomic mass is 10.0. The second-order valence-corrected chi connectivity index (χ2v) is 7.16. The molecule has 0 aliphatic heterocycles. The van der Waals surface area contributed by atoms with E-state index in [1.807, 2.05) is 42.5 Å². The van der Waals surface area contributed by atoms with Gasteiger partial charge in [0.2, 0.25) is 0 Å². The standard InChI is InChI=1S/C25H15ClN2/c1-27-20-10-12-21(13-11-20)28-24-8-3-2-7-22(24)23-14-9-18(16-25(23)28)17-5-4-6-19(26)15-17/h2-16H. The molecule has 0 N–H and O–H groups in total. The van der Waals surface area contributed by atoms with Crippen molar-refractivity contribution in [3.63, 3.8) is 0 Å². The van der Waals surface area contributed by atoms with Crippen molar-refractivity contribution in [1.29, 1.82) is 0 Å². The first-order chi connectivity index (χ1) is 13.7. The third-order valence-electron chi connectivity index (χ3n) is 5.07. The Labute approximate surface area is 168 Å². The molecule has 3 heteroatoms. The molecule has 5 rings (SSSR count). The highest BCUT2D eigenvalue weighted by Gasteiger charge is 2.13. The van der Waals surface area contributed by atoms with Crippen molar-refractivity contribution in [3.8, 4) is 16.8 Å². The highest BCUT2D eigenvalue weighted by Crippen LogP contribution is 2.35. The summed E-state index contributed by atoms with van der Waals surface area (Å²) in [5, 5.41) is 3.15. The Morgan fingerprint density at radius 2 is 1.43 bits per heavy atom. The maximum atomic E-state index is 7.20. The van der Waals surface area contributed by atoms with Gasteiger partial charge in [0.1, 0.15) is 0 Å². The molecule has 0 bridgehead atoms. The Kier molecular flexibility index (Phi) is 3.90. The highest BCUT2D eigenvalue weighted by atomic mass is 35.5. The van der Waals surface area contributed by atoms with Crippen LogP contribution in [0, 0.1) is 6.57 Å². The van der Waals surface area contributed by atoms with Crippen molar-refractivity contribution in [2.75, 3.05) is 0 Å². The summed E-state index contributed by atoms with van der Waals surface area (Å²) in [6.45, 7) is 7.20. The predicted octanol–water partition coefficient (Wildman–Crippen LogP) is 7.65. The molecule has 0 radical (unpaired) electrons. The monoisotopic (exact) mass is 378 g/mol. The van der Waals surface area contributed by atoms with Crippen LogP contribution in [-0.4, -0.2) is 4.57 Å². The first-order valence-corrected chi connectivity index (χ1v) is 9.39. The Bertz CT molecular complexity index is 1370. The maximum absolute atomic E-state index is 7.20. The van der Waals surface area contributed by atoms with Crippen LogP contribution in [-0.2, 0) is 0 Å². The molecular weight excluding hydrogens is 364 g/mol. The number of halogens is 1. The van der Waals surface area contributed by atoms with Gasteiger partial charge in [-0.25, -0.2) is 4.85 Å². The molecule has 0 fully saturated rings. The van der Waals surface area contributed by atoms with E-state index in [0.717, 1.165) is 32.9 Å². The van der Waals surface area contributed by atoms with Gasteiger partial charge in [0, 0.05) is 21.5 Å². The Balaban J connectivity index is 1.82. The van der Waals surface area contributed by atoms with Gasteiger partial charge in [-0.05, 0) is 47.5 Å². The van der Waals surface area contributed by atoms with E-state index >= 15 is 0 Å². The first-order valence-electron chi connectivity index (χ1n) is 9.02. The van der Waals surface area contributed by atoms with Crippen LogP contribution in [0.4, 0.5) is 5.69 Å². The molecule has 0 amide bonds. The van der Waals surface area contributed by atoms with E-state index in [1.54, 1.807) is 0 Å². The normalized spacial score (nSPS) is 11.0. The Morgan fingerprint density at radius 1 is 0.679 bits per heavy atom. The van der Waals surface area contributed by atoms with Crippen LogP contribution in [0.5, 0.6) is 0 Å². The fraction of sp³-hybridized carbons (Fsp3) is 0. The number of fused-ring (bicyclic) bond motifs is 3. The summed E-state index contributed by atoms with van der Waals surface area (Å²) in [7, 11) is 0. The predicted molar refractivity (Wildman–Crippen MR) is 117 cm³/mol. The molecule has 0 spiro atoms. The summed E-state index contributed by atoms with van der Waals surface area (Å²) >= 11 is 6.20. The molecule has 1 aromatic heterocycles.